The van der Waals surface area contributed by atoms with Gasteiger partial charge in [0.05, 0.1) is 5.56 Å². The Morgan fingerprint density at radius 3 is 2.44 bits per heavy atom. The number of hydrogen-bond donors (Lipinski definition) is 1. The lowest BCUT2D eigenvalue weighted by atomic mass is 10.1. The van der Waals surface area contributed by atoms with Crippen molar-refractivity contribution in [2.45, 2.75) is 12.6 Å². The highest BCUT2D eigenvalue weighted by atomic mass is 79.9. The van der Waals surface area contributed by atoms with E-state index in [-0.39, 0.29) is 28.8 Å². The van der Waals surface area contributed by atoms with Gasteiger partial charge in [0, 0.05) is 16.5 Å². The van der Waals surface area contributed by atoms with Crippen molar-refractivity contribution in [3.05, 3.63) is 33.8 Å². The number of nitrogens with two attached hydrogens (primary N) is 1. The Morgan fingerprint density at radius 1 is 1.38 bits per heavy atom. The Balaban J connectivity index is 3.05. The second-order valence-corrected chi connectivity index (χ2v) is 4.01. The van der Waals surface area contributed by atoms with Crippen LogP contribution in [0.4, 0.5) is 13.2 Å². The Morgan fingerprint density at radius 2 is 2.00 bits per heavy atom. The molecule has 0 aromatic heterocycles. The number of ketones is 1. The molecule has 6 heteroatoms. The van der Waals surface area contributed by atoms with Crippen LogP contribution < -0.4 is 5.73 Å². The van der Waals surface area contributed by atoms with Crippen LogP contribution in [0.2, 0.25) is 0 Å². The van der Waals surface area contributed by atoms with Gasteiger partial charge in [-0.1, -0.05) is 15.9 Å². The van der Waals surface area contributed by atoms with Crippen LogP contribution in [0.15, 0.2) is 22.7 Å². The molecule has 0 fully saturated rings. The van der Waals surface area contributed by atoms with Gasteiger partial charge in [0.1, 0.15) is 0 Å². The Bertz CT molecular complexity index is 404. The van der Waals surface area contributed by atoms with E-state index in [0.29, 0.717) is 0 Å². The van der Waals surface area contributed by atoms with Gasteiger partial charge in [-0.15, -0.1) is 0 Å². The molecule has 0 bridgehead atoms. The van der Waals surface area contributed by atoms with E-state index >= 15 is 0 Å². The van der Waals surface area contributed by atoms with E-state index in [1.165, 1.54) is 0 Å². The second-order valence-electron chi connectivity index (χ2n) is 3.15. The zero-order chi connectivity index (χ0) is 12.3. The van der Waals surface area contributed by atoms with Crippen LogP contribution >= 0.6 is 15.9 Å². The first-order valence-electron chi connectivity index (χ1n) is 4.46. The fraction of sp³-hybridized carbons (Fsp3) is 0.300. The van der Waals surface area contributed by atoms with E-state index in [0.717, 1.165) is 18.2 Å². The van der Waals surface area contributed by atoms with Crippen LogP contribution in [-0.2, 0) is 6.18 Å². The first-order chi connectivity index (χ1) is 7.36. The van der Waals surface area contributed by atoms with Crippen LogP contribution in [0.5, 0.6) is 0 Å². The molecule has 1 rings (SSSR count). The molecule has 0 aliphatic rings. The SMILES string of the molecule is NCCC(=O)c1ccc(C(F)(F)F)cc1Br. The molecule has 0 saturated carbocycles. The van der Waals surface area contributed by atoms with Crippen molar-refractivity contribution in [2.24, 2.45) is 5.73 Å². The highest BCUT2D eigenvalue weighted by molar-refractivity contribution is 9.10. The maximum Gasteiger partial charge on any atom is 0.416 e. The molecule has 0 aliphatic carbocycles. The van der Waals surface area contributed by atoms with Crippen molar-refractivity contribution in [1.82, 2.24) is 0 Å². The number of halogens is 4. The van der Waals surface area contributed by atoms with E-state index < -0.39 is 11.7 Å². The molecule has 0 heterocycles. The number of alkyl halides is 3. The summed E-state index contributed by atoms with van der Waals surface area (Å²) in [6.07, 6.45) is -4.29. The van der Waals surface area contributed by atoms with Crippen molar-refractivity contribution < 1.29 is 18.0 Å². The molecule has 0 unspecified atom stereocenters. The molecule has 16 heavy (non-hydrogen) atoms. The van der Waals surface area contributed by atoms with Crippen LogP contribution in [-0.4, -0.2) is 12.3 Å². The molecule has 2 N–H and O–H groups in total. The van der Waals surface area contributed by atoms with Crippen LogP contribution in [0, 0.1) is 0 Å². The molecule has 0 spiro atoms. The summed E-state index contributed by atoms with van der Waals surface area (Å²) in [5.41, 5.74) is 4.63. The highest BCUT2D eigenvalue weighted by Gasteiger charge is 2.31. The molecule has 0 saturated heterocycles. The van der Waals surface area contributed by atoms with Gasteiger partial charge >= 0.3 is 6.18 Å². The summed E-state index contributed by atoms with van der Waals surface area (Å²) in [7, 11) is 0. The van der Waals surface area contributed by atoms with Crippen LogP contribution in [0.25, 0.3) is 0 Å². The van der Waals surface area contributed by atoms with Crippen LogP contribution in [0.3, 0.4) is 0 Å². The summed E-state index contributed by atoms with van der Waals surface area (Å²) in [6.45, 7) is 0.173. The maximum atomic E-state index is 12.3. The first kappa shape index (κ1) is 13.2. The normalized spacial score (nSPS) is 11.6. The molecule has 0 amide bonds. The monoisotopic (exact) mass is 295 g/mol. The largest absolute Gasteiger partial charge is 0.416 e. The van der Waals surface area contributed by atoms with Gasteiger partial charge < -0.3 is 5.73 Å². The minimum atomic E-state index is -4.40. The molecule has 2 nitrogen and oxygen atoms in total. The van der Waals surface area contributed by atoms with Crippen molar-refractivity contribution >= 4 is 21.7 Å². The summed E-state index contributed by atoms with van der Waals surface area (Å²) >= 11 is 2.95. The van der Waals surface area contributed by atoms with E-state index in [2.05, 4.69) is 15.9 Å². The quantitative estimate of drug-likeness (QED) is 0.871. The van der Waals surface area contributed by atoms with Gasteiger partial charge in [-0.25, -0.2) is 0 Å². The number of benzene rings is 1. The lowest BCUT2D eigenvalue weighted by Crippen LogP contribution is -2.10. The van der Waals surface area contributed by atoms with Crippen molar-refractivity contribution in [3.63, 3.8) is 0 Å². The number of rotatable bonds is 3. The molecule has 88 valence electrons. The third-order valence-corrected chi connectivity index (χ3v) is 2.62. The van der Waals surface area contributed by atoms with Gasteiger partial charge in [0.25, 0.3) is 0 Å². The zero-order valence-electron chi connectivity index (χ0n) is 8.14. The van der Waals surface area contributed by atoms with Crippen molar-refractivity contribution in [3.8, 4) is 0 Å². The molecule has 0 aliphatic heterocycles. The summed E-state index contributed by atoms with van der Waals surface area (Å²) in [5.74, 6) is -0.275. The van der Waals surface area contributed by atoms with Gasteiger partial charge in [-0.05, 0) is 24.7 Å². The third-order valence-electron chi connectivity index (χ3n) is 1.97. The fourth-order valence-electron chi connectivity index (χ4n) is 1.18. The van der Waals surface area contributed by atoms with Gasteiger partial charge in [-0.3, -0.25) is 4.79 Å². The number of Topliss-reactive ketones (excluding diaryl/α,β-unsaturated/α-hetero) is 1. The number of carbonyl (C=O) groups excluding carboxylic acids is 1. The average Bonchev–Trinajstić information content (AvgIpc) is 2.16. The molecular formula is C10H9BrF3NO. The Labute approximate surface area is 98.8 Å². The summed E-state index contributed by atoms with van der Waals surface area (Å²) < 4.78 is 37.1. The molecule has 1 aromatic carbocycles. The highest BCUT2D eigenvalue weighted by Crippen LogP contribution is 2.32. The standard InChI is InChI=1S/C10H9BrF3NO/c11-8-5-6(10(12,13)14)1-2-7(8)9(16)3-4-15/h1-2,5H,3-4,15H2. The lowest BCUT2D eigenvalue weighted by molar-refractivity contribution is -0.137. The number of hydrogen-bond acceptors (Lipinski definition) is 2. The molecular weight excluding hydrogens is 287 g/mol. The molecule has 1 aromatic rings. The minimum absolute atomic E-state index is 0.115. The third kappa shape index (κ3) is 3.05. The smallest absolute Gasteiger partial charge is 0.330 e. The first-order valence-corrected chi connectivity index (χ1v) is 5.25. The van der Waals surface area contributed by atoms with E-state index in [1.54, 1.807) is 0 Å². The Kier molecular flexibility index (Phi) is 4.09. The van der Waals surface area contributed by atoms with Gasteiger partial charge in [-0.2, -0.15) is 13.2 Å². The number of carbonyl (C=O) groups is 1. The predicted molar refractivity (Wildman–Crippen MR) is 57.1 cm³/mol. The minimum Gasteiger partial charge on any atom is -0.330 e. The summed E-state index contributed by atoms with van der Waals surface area (Å²) in [6, 6.07) is 2.93. The lowest BCUT2D eigenvalue weighted by Gasteiger charge is -2.09. The van der Waals surface area contributed by atoms with Crippen LogP contribution in [0.1, 0.15) is 22.3 Å². The Hall–Kier alpha value is -0.880. The van der Waals surface area contributed by atoms with Crippen molar-refractivity contribution in [1.29, 1.82) is 0 Å². The zero-order valence-corrected chi connectivity index (χ0v) is 9.73. The predicted octanol–water partition coefficient (Wildman–Crippen LogP) is 3.00. The van der Waals surface area contributed by atoms with E-state index in [9.17, 15) is 18.0 Å². The maximum absolute atomic E-state index is 12.3. The van der Waals surface area contributed by atoms with Gasteiger partial charge in [0.15, 0.2) is 5.78 Å². The van der Waals surface area contributed by atoms with Gasteiger partial charge in [0.2, 0.25) is 0 Å². The summed E-state index contributed by atoms with van der Waals surface area (Å²) in [5, 5.41) is 0. The van der Waals surface area contributed by atoms with E-state index in [4.69, 9.17) is 5.73 Å². The van der Waals surface area contributed by atoms with E-state index in [1.807, 2.05) is 0 Å². The average molecular weight is 296 g/mol. The topological polar surface area (TPSA) is 43.1 Å². The second kappa shape index (κ2) is 4.97. The molecule has 0 atom stereocenters. The summed E-state index contributed by atoms with van der Waals surface area (Å²) in [4.78, 5) is 11.4. The fourth-order valence-corrected chi connectivity index (χ4v) is 1.78. The molecule has 0 radical (unpaired) electrons. The van der Waals surface area contributed by atoms with Crippen molar-refractivity contribution in [2.75, 3.05) is 6.54 Å².